The molecule has 1 aromatic heterocycles. The molecule has 1 aliphatic rings. The molecule has 1 unspecified atom stereocenters. The van der Waals surface area contributed by atoms with Crippen LogP contribution >= 0.6 is 11.3 Å². The minimum atomic E-state index is 0.830. The number of hydrogen-bond donors (Lipinski definition) is 1. The zero-order chi connectivity index (χ0) is 10.5. The van der Waals surface area contributed by atoms with Crippen LogP contribution in [0, 0.1) is 5.92 Å². The number of nitrogens with one attached hydrogen (secondary N) is 1. The minimum Gasteiger partial charge on any atom is -0.316 e. The van der Waals surface area contributed by atoms with Crippen molar-refractivity contribution in [3.05, 3.63) is 16.6 Å². The summed E-state index contributed by atoms with van der Waals surface area (Å²) in [6.45, 7) is 4.63. The Bertz CT molecular complexity index is 267. The van der Waals surface area contributed by atoms with Crippen LogP contribution in [0.2, 0.25) is 0 Å². The minimum absolute atomic E-state index is 0.830. The molecule has 84 valence electrons. The molecule has 3 nitrogen and oxygen atoms in total. The lowest BCUT2D eigenvalue weighted by atomic mass is 9.99. The molecule has 1 saturated heterocycles. The van der Waals surface area contributed by atoms with Gasteiger partial charge < -0.3 is 10.2 Å². The van der Waals surface area contributed by atoms with Crippen molar-refractivity contribution in [2.45, 2.75) is 19.4 Å². The van der Waals surface area contributed by atoms with Gasteiger partial charge >= 0.3 is 0 Å². The first-order valence-corrected chi connectivity index (χ1v) is 6.49. The quantitative estimate of drug-likeness (QED) is 0.843. The fourth-order valence-corrected chi connectivity index (χ4v) is 2.85. The van der Waals surface area contributed by atoms with Crippen molar-refractivity contribution in [1.82, 2.24) is 15.2 Å². The fourth-order valence-electron chi connectivity index (χ4n) is 2.17. The van der Waals surface area contributed by atoms with E-state index in [1.807, 2.05) is 11.7 Å². The Morgan fingerprint density at radius 1 is 1.67 bits per heavy atom. The Morgan fingerprint density at radius 2 is 2.60 bits per heavy atom. The molecule has 1 aliphatic heterocycles. The third kappa shape index (κ3) is 3.55. The Labute approximate surface area is 95.5 Å². The molecule has 2 heterocycles. The summed E-state index contributed by atoms with van der Waals surface area (Å²) in [5.74, 6) is 0.830. The average molecular weight is 225 g/mol. The molecular weight excluding hydrogens is 206 g/mol. The number of thiazole rings is 1. The van der Waals surface area contributed by atoms with E-state index in [9.17, 15) is 0 Å². The standard InChI is InChI=1S/C11H19N3S/c1-14(8-11-6-13-9-15-11)7-10-3-2-4-12-5-10/h6,9-10,12H,2-5,7-8H2,1H3. The number of piperidine rings is 1. The molecule has 0 bridgehead atoms. The molecule has 0 aromatic carbocycles. The van der Waals surface area contributed by atoms with Crippen LogP contribution in [0.3, 0.4) is 0 Å². The molecule has 0 spiro atoms. The zero-order valence-corrected chi connectivity index (χ0v) is 10.1. The highest BCUT2D eigenvalue weighted by Crippen LogP contribution is 2.14. The Hall–Kier alpha value is -0.450. The van der Waals surface area contributed by atoms with E-state index >= 15 is 0 Å². The molecule has 0 aliphatic carbocycles. The first kappa shape index (κ1) is 11.0. The number of hydrogen-bond acceptors (Lipinski definition) is 4. The van der Waals surface area contributed by atoms with Gasteiger partial charge in [0.1, 0.15) is 0 Å². The van der Waals surface area contributed by atoms with Gasteiger partial charge in [-0.15, -0.1) is 11.3 Å². The highest BCUT2D eigenvalue weighted by molar-refractivity contribution is 7.09. The summed E-state index contributed by atoms with van der Waals surface area (Å²) in [7, 11) is 2.20. The molecular formula is C11H19N3S. The Morgan fingerprint density at radius 3 is 3.27 bits per heavy atom. The summed E-state index contributed by atoms with van der Waals surface area (Å²) in [6, 6.07) is 0. The largest absolute Gasteiger partial charge is 0.316 e. The van der Waals surface area contributed by atoms with Crippen LogP contribution in [0.4, 0.5) is 0 Å². The van der Waals surface area contributed by atoms with Crippen LogP contribution in [-0.2, 0) is 6.54 Å². The van der Waals surface area contributed by atoms with Gasteiger partial charge in [-0.05, 0) is 38.9 Å². The first-order valence-electron chi connectivity index (χ1n) is 5.61. The molecule has 1 fully saturated rings. The van der Waals surface area contributed by atoms with Crippen molar-refractivity contribution in [1.29, 1.82) is 0 Å². The van der Waals surface area contributed by atoms with Crippen molar-refractivity contribution in [2.75, 3.05) is 26.7 Å². The summed E-state index contributed by atoms with van der Waals surface area (Å²) in [6.07, 6.45) is 4.68. The topological polar surface area (TPSA) is 28.2 Å². The van der Waals surface area contributed by atoms with Crippen LogP contribution < -0.4 is 5.32 Å². The number of nitrogens with zero attached hydrogens (tertiary/aromatic N) is 2. The highest BCUT2D eigenvalue weighted by Gasteiger charge is 2.15. The summed E-state index contributed by atoms with van der Waals surface area (Å²) in [5.41, 5.74) is 1.91. The number of aromatic nitrogens is 1. The van der Waals surface area contributed by atoms with Gasteiger partial charge in [0.15, 0.2) is 0 Å². The van der Waals surface area contributed by atoms with Crippen LogP contribution in [0.15, 0.2) is 11.7 Å². The molecule has 0 radical (unpaired) electrons. The van der Waals surface area contributed by atoms with Crippen molar-refractivity contribution in [3.8, 4) is 0 Å². The van der Waals surface area contributed by atoms with E-state index in [0.717, 1.165) is 12.5 Å². The molecule has 4 heteroatoms. The second-order valence-electron chi connectivity index (χ2n) is 4.38. The molecule has 0 saturated carbocycles. The van der Waals surface area contributed by atoms with Gasteiger partial charge in [0.2, 0.25) is 0 Å². The van der Waals surface area contributed by atoms with Crippen molar-refractivity contribution >= 4 is 11.3 Å². The monoisotopic (exact) mass is 225 g/mol. The zero-order valence-electron chi connectivity index (χ0n) is 9.28. The van der Waals surface area contributed by atoms with Gasteiger partial charge in [0.05, 0.1) is 5.51 Å². The van der Waals surface area contributed by atoms with E-state index in [0.29, 0.717) is 0 Å². The Balaban J connectivity index is 1.74. The smallest absolute Gasteiger partial charge is 0.0794 e. The van der Waals surface area contributed by atoms with E-state index in [-0.39, 0.29) is 0 Å². The maximum Gasteiger partial charge on any atom is 0.0794 e. The normalized spacial score (nSPS) is 22.1. The fraction of sp³-hybridized carbons (Fsp3) is 0.727. The summed E-state index contributed by atoms with van der Waals surface area (Å²) in [5, 5.41) is 3.46. The van der Waals surface area contributed by atoms with E-state index < -0.39 is 0 Å². The summed E-state index contributed by atoms with van der Waals surface area (Å²) in [4.78, 5) is 7.87. The molecule has 1 aromatic rings. The lowest BCUT2D eigenvalue weighted by Crippen LogP contribution is -2.36. The van der Waals surface area contributed by atoms with Crippen molar-refractivity contribution < 1.29 is 0 Å². The van der Waals surface area contributed by atoms with Crippen LogP contribution in [0.5, 0.6) is 0 Å². The Kier molecular flexibility index (Phi) is 4.11. The first-order chi connectivity index (χ1) is 7.34. The van der Waals surface area contributed by atoms with Gasteiger partial charge in [0, 0.05) is 24.2 Å². The molecule has 1 N–H and O–H groups in total. The van der Waals surface area contributed by atoms with Crippen LogP contribution in [0.25, 0.3) is 0 Å². The second-order valence-corrected chi connectivity index (χ2v) is 5.35. The predicted octanol–water partition coefficient (Wildman–Crippen LogP) is 1.57. The maximum atomic E-state index is 4.10. The molecule has 15 heavy (non-hydrogen) atoms. The van der Waals surface area contributed by atoms with E-state index in [4.69, 9.17) is 0 Å². The van der Waals surface area contributed by atoms with E-state index in [1.54, 1.807) is 11.3 Å². The van der Waals surface area contributed by atoms with Gasteiger partial charge in [-0.25, -0.2) is 0 Å². The lowest BCUT2D eigenvalue weighted by Gasteiger charge is -2.27. The van der Waals surface area contributed by atoms with E-state index in [1.165, 1.54) is 37.4 Å². The molecule has 1 atom stereocenters. The SMILES string of the molecule is CN(Cc1cncs1)CC1CCCNC1. The van der Waals surface area contributed by atoms with E-state index in [2.05, 4.69) is 22.2 Å². The van der Waals surface area contributed by atoms with Gasteiger partial charge in [-0.2, -0.15) is 0 Å². The number of rotatable bonds is 4. The maximum absolute atomic E-state index is 4.10. The van der Waals surface area contributed by atoms with Crippen LogP contribution in [0.1, 0.15) is 17.7 Å². The molecule has 2 rings (SSSR count). The van der Waals surface area contributed by atoms with Gasteiger partial charge in [-0.3, -0.25) is 4.98 Å². The summed E-state index contributed by atoms with van der Waals surface area (Å²) < 4.78 is 0. The summed E-state index contributed by atoms with van der Waals surface area (Å²) >= 11 is 1.74. The van der Waals surface area contributed by atoms with Crippen LogP contribution in [-0.4, -0.2) is 36.6 Å². The van der Waals surface area contributed by atoms with Crippen molar-refractivity contribution in [2.24, 2.45) is 5.92 Å². The van der Waals surface area contributed by atoms with Gasteiger partial charge in [0.25, 0.3) is 0 Å². The predicted molar refractivity (Wildman–Crippen MR) is 64.0 cm³/mol. The molecule has 0 amide bonds. The average Bonchev–Trinajstić information content (AvgIpc) is 2.71. The highest BCUT2D eigenvalue weighted by atomic mass is 32.1. The van der Waals surface area contributed by atoms with Gasteiger partial charge in [-0.1, -0.05) is 0 Å². The lowest BCUT2D eigenvalue weighted by molar-refractivity contribution is 0.239. The third-order valence-corrected chi connectivity index (χ3v) is 3.64. The second kappa shape index (κ2) is 5.58. The third-order valence-electron chi connectivity index (χ3n) is 2.88. The van der Waals surface area contributed by atoms with Crippen molar-refractivity contribution in [3.63, 3.8) is 0 Å².